The average molecular weight is 353 g/mol. The van der Waals surface area contributed by atoms with E-state index in [9.17, 15) is 4.79 Å². The van der Waals surface area contributed by atoms with Crippen molar-refractivity contribution in [3.8, 4) is 5.75 Å². The number of amides is 1. The molecule has 0 spiro atoms. The summed E-state index contributed by atoms with van der Waals surface area (Å²) in [5.41, 5.74) is 0. The standard InChI is InChI=1S/C17H21ClN2O2S/c1-2-20(9-10-22-15-7-5-14(18)6-8-15)13-17(21)19-12-16-4-3-11-23-16/h3-8,11H,2,9-10,12-13H2,1H3,(H,19,21). The van der Waals surface area contributed by atoms with Gasteiger partial charge in [0.1, 0.15) is 12.4 Å². The number of nitrogens with one attached hydrogen (secondary N) is 1. The Hall–Kier alpha value is -1.56. The maximum absolute atomic E-state index is 12.0. The maximum atomic E-state index is 12.0. The average Bonchev–Trinajstić information content (AvgIpc) is 3.07. The third kappa shape index (κ3) is 6.60. The number of likely N-dealkylation sites (N-methyl/N-ethyl adjacent to an activating group) is 1. The van der Waals surface area contributed by atoms with Gasteiger partial charge in [-0.05, 0) is 42.3 Å². The second-order valence-electron chi connectivity index (χ2n) is 5.03. The Morgan fingerprint density at radius 3 is 2.74 bits per heavy atom. The minimum atomic E-state index is 0.0340. The lowest BCUT2D eigenvalue weighted by atomic mass is 10.3. The molecule has 1 aromatic heterocycles. The van der Waals surface area contributed by atoms with Crippen LogP contribution in [-0.4, -0.2) is 37.0 Å². The molecular weight excluding hydrogens is 332 g/mol. The van der Waals surface area contributed by atoms with Gasteiger partial charge in [-0.25, -0.2) is 0 Å². The molecule has 0 bridgehead atoms. The first kappa shape index (κ1) is 17.8. The van der Waals surface area contributed by atoms with Crippen molar-refractivity contribution in [3.05, 3.63) is 51.7 Å². The molecule has 0 aliphatic heterocycles. The predicted octanol–water partition coefficient (Wildman–Crippen LogP) is 3.42. The van der Waals surface area contributed by atoms with Crippen LogP contribution in [0.5, 0.6) is 5.75 Å². The van der Waals surface area contributed by atoms with Gasteiger partial charge < -0.3 is 10.1 Å². The van der Waals surface area contributed by atoms with Gasteiger partial charge >= 0.3 is 0 Å². The molecule has 1 aromatic carbocycles. The number of carbonyl (C=O) groups excluding carboxylic acids is 1. The Morgan fingerprint density at radius 1 is 1.30 bits per heavy atom. The van der Waals surface area contributed by atoms with E-state index in [1.807, 2.05) is 36.6 Å². The summed E-state index contributed by atoms with van der Waals surface area (Å²) in [5, 5.41) is 5.64. The zero-order valence-corrected chi connectivity index (χ0v) is 14.7. The summed E-state index contributed by atoms with van der Waals surface area (Å²) >= 11 is 7.48. The molecule has 0 saturated carbocycles. The van der Waals surface area contributed by atoms with Crippen LogP contribution >= 0.6 is 22.9 Å². The van der Waals surface area contributed by atoms with Crippen molar-refractivity contribution >= 4 is 28.8 Å². The van der Waals surface area contributed by atoms with Gasteiger partial charge in [-0.15, -0.1) is 11.3 Å². The van der Waals surface area contributed by atoms with Gasteiger partial charge in [0.05, 0.1) is 13.1 Å². The van der Waals surface area contributed by atoms with E-state index < -0.39 is 0 Å². The van der Waals surface area contributed by atoms with E-state index >= 15 is 0 Å². The van der Waals surface area contributed by atoms with Crippen LogP contribution in [-0.2, 0) is 11.3 Å². The molecule has 0 atom stereocenters. The molecule has 0 radical (unpaired) electrons. The molecule has 6 heteroatoms. The van der Waals surface area contributed by atoms with Crippen molar-refractivity contribution in [3.63, 3.8) is 0 Å². The highest BCUT2D eigenvalue weighted by Gasteiger charge is 2.09. The molecule has 0 fully saturated rings. The van der Waals surface area contributed by atoms with Gasteiger partial charge in [0.2, 0.25) is 5.91 Å². The van der Waals surface area contributed by atoms with Crippen molar-refractivity contribution in [1.29, 1.82) is 0 Å². The van der Waals surface area contributed by atoms with Crippen LogP contribution in [0.2, 0.25) is 5.02 Å². The van der Waals surface area contributed by atoms with Gasteiger partial charge in [0.15, 0.2) is 0 Å². The molecule has 0 unspecified atom stereocenters. The molecule has 1 amide bonds. The molecule has 4 nitrogen and oxygen atoms in total. The highest BCUT2D eigenvalue weighted by atomic mass is 35.5. The molecule has 2 aromatic rings. The quantitative estimate of drug-likeness (QED) is 0.751. The van der Waals surface area contributed by atoms with E-state index in [-0.39, 0.29) is 5.91 Å². The number of benzene rings is 1. The SMILES string of the molecule is CCN(CCOc1ccc(Cl)cc1)CC(=O)NCc1cccs1. The normalized spacial score (nSPS) is 10.7. The van der Waals surface area contributed by atoms with Crippen LogP contribution in [0.1, 0.15) is 11.8 Å². The van der Waals surface area contributed by atoms with E-state index in [1.54, 1.807) is 23.5 Å². The largest absolute Gasteiger partial charge is 0.492 e. The minimum absolute atomic E-state index is 0.0340. The number of ether oxygens (including phenoxy) is 1. The zero-order chi connectivity index (χ0) is 16.5. The predicted molar refractivity (Wildman–Crippen MR) is 95.2 cm³/mol. The Labute approximate surface area is 146 Å². The summed E-state index contributed by atoms with van der Waals surface area (Å²) in [5.74, 6) is 0.819. The molecule has 23 heavy (non-hydrogen) atoms. The van der Waals surface area contributed by atoms with Crippen LogP contribution < -0.4 is 10.1 Å². The summed E-state index contributed by atoms with van der Waals surface area (Å²) in [4.78, 5) is 15.2. The van der Waals surface area contributed by atoms with Gasteiger partial charge in [0, 0.05) is 16.4 Å². The number of thiophene rings is 1. The molecule has 1 heterocycles. The third-order valence-corrected chi connectivity index (χ3v) is 4.47. The fourth-order valence-corrected chi connectivity index (χ4v) is 2.80. The van der Waals surface area contributed by atoms with Crippen LogP contribution in [0, 0.1) is 0 Å². The third-order valence-electron chi connectivity index (χ3n) is 3.34. The van der Waals surface area contributed by atoms with Crippen LogP contribution in [0.3, 0.4) is 0 Å². The van der Waals surface area contributed by atoms with E-state index in [0.29, 0.717) is 31.3 Å². The number of halogens is 1. The molecule has 1 N–H and O–H groups in total. The molecular formula is C17H21ClN2O2S. The van der Waals surface area contributed by atoms with Crippen LogP contribution in [0.25, 0.3) is 0 Å². The highest BCUT2D eigenvalue weighted by molar-refractivity contribution is 7.09. The Bertz CT molecular complexity index is 587. The van der Waals surface area contributed by atoms with Crippen molar-refractivity contribution < 1.29 is 9.53 Å². The molecule has 124 valence electrons. The lowest BCUT2D eigenvalue weighted by Gasteiger charge is -2.20. The second kappa shape index (κ2) is 9.55. The molecule has 0 aliphatic carbocycles. The molecule has 0 aliphatic rings. The van der Waals surface area contributed by atoms with Gasteiger partial charge in [0.25, 0.3) is 0 Å². The number of hydrogen-bond acceptors (Lipinski definition) is 4. The van der Waals surface area contributed by atoms with Gasteiger partial charge in [-0.1, -0.05) is 24.6 Å². The lowest BCUT2D eigenvalue weighted by molar-refractivity contribution is -0.122. The Morgan fingerprint density at radius 2 is 2.09 bits per heavy atom. The highest BCUT2D eigenvalue weighted by Crippen LogP contribution is 2.15. The fourth-order valence-electron chi connectivity index (χ4n) is 2.03. The summed E-state index contributed by atoms with van der Waals surface area (Å²) in [6.07, 6.45) is 0. The van der Waals surface area contributed by atoms with Crippen LogP contribution in [0.4, 0.5) is 0 Å². The van der Waals surface area contributed by atoms with Gasteiger partial charge in [-0.2, -0.15) is 0 Å². The summed E-state index contributed by atoms with van der Waals surface area (Å²) < 4.78 is 5.66. The maximum Gasteiger partial charge on any atom is 0.234 e. The van der Waals surface area contributed by atoms with Gasteiger partial charge in [-0.3, -0.25) is 9.69 Å². The summed E-state index contributed by atoms with van der Waals surface area (Å²) in [6.45, 7) is 5.05. The van der Waals surface area contributed by atoms with Crippen molar-refractivity contribution in [2.75, 3.05) is 26.2 Å². The topological polar surface area (TPSA) is 41.6 Å². The number of rotatable bonds is 9. The first-order chi connectivity index (χ1) is 11.2. The number of nitrogens with zero attached hydrogens (tertiary/aromatic N) is 1. The zero-order valence-electron chi connectivity index (χ0n) is 13.1. The first-order valence-electron chi connectivity index (χ1n) is 7.57. The summed E-state index contributed by atoms with van der Waals surface area (Å²) in [7, 11) is 0. The van der Waals surface area contributed by atoms with E-state index in [2.05, 4.69) is 10.2 Å². The Kier molecular flexibility index (Phi) is 7.39. The number of hydrogen-bond donors (Lipinski definition) is 1. The Balaban J connectivity index is 1.67. The second-order valence-corrected chi connectivity index (χ2v) is 6.50. The van der Waals surface area contributed by atoms with Crippen LogP contribution in [0.15, 0.2) is 41.8 Å². The van der Waals surface area contributed by atoms with Crippen molar-refractivity contribution in [2.24, 2.45) is 0 Å². The van der Waals surface area contributed by atoms with Crippen molar-refractivity contribution in [1.82, 2.24) is 10.2 Å². The monoisotopic (exact) mass is 352 g/mol. The number of carbonyl (C=O) groups is 1. The fraction of sp³-hybridized carbons (Fsp3) is 0.353. The lowest BCUT2D eigenvalue weighted by Crippen LogP contribution is -2.38. The van der Waals surface area contributed by atoms with Crippen molar-refractivity contribution in [2.45, 2.75) is 13.5 Å². The van der Waals surface area contributed by atoms with E-state index in [0.717, 1.165) is 17.2 Å². The smallest absolute Gasteiger partial charge is 0.234 e. The first-order valence-corrected chi connectivity index (χ1v) is 8.83. The molecule has 2 rings (SSSR count). The summed E-state index contributed by atoms with van der Waals surface area (Å²) in [6, 6.07) is 11.3. The van der Waals surface area contributed by atoms with E-state index in [1.165, 1.54) is 0 Å². The van der Waals surface area contributed by atoms with E-state index in [4.69, 9.17) is 16.3 Å². The minimum Gasteiger partial charge on any atom is -0.492 e. The molecule has 0 saturated heterocycles.